The number of amides is 1. The summed E-state index contributed by atoms with van der Waals surface area (Å²) < 4.78 is 20.4. The second-order valence-electron chi connectivity index (χ2n) is 7.01. The van der Waals surface area contributed by atoms with Crippen molar-refractivity contribution in [3.63, 3.8) is 0 Å². The van der Waals surface area contributed by atoms with Crippen LogP contribution >= 0.6 is 0 Å². The minimum atomic E-state index is -0.344. The number of nitrogens with zero attached hydrogens (tertiary/aromatic N) is 4. The van der Waals surface area contributed by atoms with Gasteiger partial charge in [-0.3, -0.25) is 9.48 Å². The maximum absolute atomic E-state index is 13.3. The lowest BCUT2D eigenvalue weighted by Crippen LogP contribution is -2.27. The second kappa shape index (κ2) is 7.12. The van der Waals surface area contributed by atoms with E-state index >= 15 is 0 Å². The largest absolute Gasteiger partial charge is 0.345 e. The third kappa shape index (κ3) is 3.37. The Bertz CT molecular complexity index is 1210. The number of aromatic nitrogens is 4. The summed E-state index contributed by atoms with van der Waals surface area (Å²) in [5, 5.41) is 11.8. The maximum atomic E-state index is 13.3. The Hall–Kier alpha value is -3.55. The molecule has 1 atom stereocenters. The molecular formula is C21H20FN5O2. The van der Waals surface area contributed by atoms with Gasteiger partial charge in [-0.1, -0.05) is 5.16 Å². The lowest BCUT2D eigenvalue weighted by atomic mass is 10.0. The number of aryl methyl sites for hydroxylation is 2. The molecule has 8 heteroatoms. The normalized spacial score (nSPS) is 12.3. The van der Waals surface area contributed by atoms with Crippen molar-refractivity contribution in [2.24, 2.45) is 7.05 Å². The molecule has 0 saturated carbocycles. The molecule has 4 aromatic rings. The number of carbonyl (C=O) groups is 1. The molecule has 1 N–H and O–H groups in total. The molecule has 0 aliphatic carbocycles. The Labute approximate surface area is 166 Å². The van der Waals surface area contributed by atoms with E-state index < -0.39 is 0 Å². The number of pyridine rings is 1. The Morgan fingerprint density at radius 1 is 1.24 bits per heavy atom. The first-order chi connectivity index (χ1) is 13.8. The standard InChI is InChI=1S/C21H20FN5O2/c1-11(17-10-23-27(4)13(17)3)24-20(28)16-9-18(14-5-7-15(22)8-6-14)25-21-19(16)12(2)26-29-21/h5-11H,1-4H3,(H,24,28). The summed E-state index contributed by atoms with van der Waals surface area (Å²) in [6, 6.07) is 7.35. The average Bonchev–Trinajstić information content (AvgIpc) is 3.24. The highest BCUT2D eigenvalue weighted by molar-refractivity contribution is 6.07. The van der Waals surface area contributed by atoms with Crippen LogP contribution in [-0.2, 0) is 7.05 Å². The van der Waals surface area contributed by atoms with Gasteiger partial charge in [-0.05, 0) is 51.1 Å². The van der Waals surface area contributed by atoms with Crippen LogP contribution in [0.3, 0.4) is 0 Å². The SMILES string of the molecule is Cc1noc2nc(-c3ccc(F)cc3)cc(C(=O)NC(C)c3cnn(C)c3C)c12. The number of halogens is 1. The zero-order valence-electron chi connectivity index (χ0n) is 16.5. The maximum Gasteiger partial charge on any atom is 0.259 e. The molecule has 0 fully saturated rings. The van der Waals surface area contributed by atoms with Crippen LogP contribution in [0, 0.1) is 19.7 Å². The first-order valence-electron chi connectivity index (χ1n) is 9.17. The van der Waals surface area contributed by atoms with Gasteiger partial charge in [-0.25, -0.2) is 9.37 Å². The van der Waals surface area contributed by atoms with Gasteiger partial charge in [0.15, 0.2) is 0 Å². The van der Waals surface area contributed by atoms with Gasteiger partial charge in [-0.2, -0.15) is 5.10 Å². The van der Waals surface area contributed by atoms with Gasteiger partial charge >= 0.3 is 0 Å². The van der Waals surface area contributed by atoms with Gasteiger partial charge in [-0.15, -0.1) is 0 Å². The van der Waals surface area contributed by atoms with Crippen molar-refractivity contribution in [1.82, 2.24) is 25.2 Å². The van der Waals surface area contributed by atoms with E-state index in [-0.39, 0.29) is 23.5 Å². The quantitative estimate of drug-likeness (QED) is 0.569. The summed E-state index contributed by atoms with van der Waals surface area (Å²) in [5.74, 6) is -0.619. The molecule has 4 rings (SSSR count). The second-order valence-corrected chi connectivity index (χ2v) is 7.01. The summed E-state index contributed by atoms with van der Waals surface area (Å²) >= 11 is 0. The molecule has 0 bridgehead atoms. The van der Waals surface area contributed by atoms with E-state index in [4.69, 9.17) is 4.52 Å². The highest BCUT2D eigenvalue weighted by Crippen LogP contribution is 2.28. The monoisotopic (exact) mass is 393 g/mol. The van der Waals surface area contributed by atoms with Crippen LogP contribution in [0.25, 0.3) is 22.4 Å². The minimum Gasteiger partial charge on any atom is -0.345 e. The molecule has 3 aromatic heterocycles. The molecule has 1 aromatic carbocycles. The summed E-state index contributed by atoms with van der Waals surface area (Å²) in [6.07, 6.45) is 1.75. The van der Waals surface area contributed by atoms with Crippen molar-refractivity contribution in [2.45, 2.75) is 26.8 Å². The summed E-state index contributed by atoms with van der Waals surface area (Å²) in [5.41, 5.74) is 4.34. The zero-order valence-corrected chi connectivity index (χ0v) is 16.5. The molecule has 0 radical (unpaired) electrons. The summed E-state index contributed by atoms with van der Waals surface area (Å²) in [7, 11) is 1.86. The van der Waals surface area contributed by atoms with Gasteiger partial charge in [0.1, 0.15) is 5.82 Å². The van der Waals surface area contributed by atoms with Crippen molar-refractivity contribution >= 4 is 17.0 Å². The van der Waals surface area contributed by atoms with Crippen LogP contribution in [0.15, 0.2) is 41.1 Å². The molecule has 29 heavy (non-hydrogen) atoms. The van der Waals surface area contributed by atoms with E-state index in [1.54, 1.807) is 36.0 Å². The van der Waals surface area contributed by atoms with Crippen LogP contribution in [-0.4, -0.2) is 25.8 Å². The van der Waals surface area contributed by atoms with Gasteiger partial charge < -0.3 is 9.84 Å². The highest BCUT2D eigenvalue weighted by Gasteiger charge is 2.22. The predicted octanol–water partition coefficient (Wildman–Crippen LogP) is 3.87. The van der Waals surface area contributed by atoms with Crippen molar-refractivity contribution in [2.75, 3.05) is 0 Å². The average molecular weight is 393 g/mol. The highest BCUT2D eigenvalue weighted by atomic mass is 19.1. The van der Waals surface area contributed by atoms with E-state index in [0.29, 0.717) is 27.9 Å². The first-order valence-corrected chi connectivity index (χ1v) is 9.17. The van der Waals surface area contributed by atoms with E-state index in [1.807, 2.05) is 20.9 Å². The lowest BCUT2D eigenvalue weighted by Gasteiger charge is -2.15. The summed E-state index contributed by atoms with van der Waals surface area (Å²) in [4.78, 5) is 17.6. The van der Waals surface area contributed by atoms with Crippen LogP contribution < -0.4 is 5.32 Å². The number of benzene rings is 1. The van der Waals surface area contributed by atoms with Gasteiger partial charge in [0, 0.05) is 23.9 Å². The molecule has 1 unspecified atom stereocenters. The van der Waals surface area contributed by atoms with E-state index in [2.05, 4.69) is 20.6 Å². The van der Waals surface area contributed by atoms with Crippen LogP contribution in [0.5, 0.6) is 0 Å². The van der Waals surface area contributed by atoms with Crippen molar-refractivity contribution < 1.29 is 13.7 Å². The molecular weight excluding hydrogens is 373 g/mol. The zero-order chi connectivity index (χ0) is 20.7. The fourth-order valence-electron chi connectivity index (χ4n) is 3.34. The number of rotatable bonds is 4. The smallest absolute Gasteiger partial charge is 0.259 e. The Morgan fingerprint density at radius 2 is 1.97 bits per heavy atom. The molecule has 0 spiro atoms. The van der Waals surface area contributed by atoms with E-state index in [0.717, 1.165) is 11.3 Å². The van der Waals surface area contributed by atoms with Gasteiger partial charge in [0.25, 0.3) is 11.6 Å². The molecule has 1 amide bonds. The fraction of sp³-hybridized carbons (Fsp3) is 0.238. The Morgan fingerprint density at radius 3 is 2.62 bits per heavy atom. The van der Waals surface area contributed by atoms with Crippen molar-refractivity contribution in [3.05, 3.63) is 64.9 Å². The van der Waals surface area contributed by atoms with Gasteiger partial charge in [0.05, 0.1) is 34.6 Å². The molecule has 148 valence electrons. The third-order valence-corrected chi connectivity index (χ3v) is 5.09. The number of hydrogen-bond acceptors (Lipinski definition) is 5. The number of hydrogen-bond donors (Lipinski definition) is 1. The van der Waals surface area contributed by atoms with E-state index in [1.165, 1.54) is 12.1 Å². The molecule has 0 saturated heterocycles. The summed E-state index contributed by atoms with van der Waals surface area (Å²) in [6.45, 7) is 5.62. The number of fused-ring (bicyclic) bond motifs is 1. The topological polar surface area (TPSA) is 85.8 Å². The molecule has 3 heterocycles. The Balaban J connectivity index is 1.75. The van der Waals surface area contributed by atoms with Crippen LogP contribution in [0.1, 0.15) is 40.3 Å². The van der Waals surface area contributed by atoms with E-state index in [9.17, 15) is 9.18 Å². The molecule has 0 aliphatic rings. The number of nitrogens with one attached hydrogen (secondary N) is 1. The minimum absolute atomic E-state index is 0.242. The molecule has 7 nitrogen and oxygen atoms in total. The van der Waals surface area contributed by atoms with Crippen molar-refractivity contribution in [1.29, 1.82) is 0 Å². The third-order valence-electron chi connectivity index (χ3n) is 5.09. The Kier molecular flexibility index (Phi) is 4.62. The fourth-order valence-corrected chi connectivity index (χ4v) is 3.34. The predicted molar refractivity (Wildman–Crippen MR) is 106 cm³/mol. The van der Waals surface area contributed by atoms with Gasteiger partial charge in [0.2, 0.25) is 0 Å². The van der Waals surface area contributed by atoms with Crippen LogP contribution in [0.2, 0.25) is 0 Å². The molecule has 0 aliphatic heterocycles. The first kappa shape index (κ1) is 18.8. The van der Waals surface area contributed by atoms with Crippen LogP contribution in [0.4, 0.5) is 4.39 Å². The van der Waals surface area contributed by atoms with Crippen molar-refractivity contribution in [3.8, 4) is 11.3 Å². The lowest BCUT2D eigenvalue weighted by molar-refractivity contribution is 0.0941. The number of carbonyl (C=O) groups excluding carboxylic acids is 1.